The molecule has 19 heavy (non-hydrogen) atoms. The molecule has 1 aliphatic rings. The van der Waals surface area contributed by atoms with Crippen molar-refractivity contribution in [2.24, 2.45) is 11.7 Å². The zero-order valence-electron chi connectivity index (χ0n) is 12.4. The van der Waals surface area contributed by atoms with Crippen LogP contribution < -0.4 is 5.73 Å². The lowest BCUT2D eigenvalue weighted by Crippen LogP contribution is -2.37. The Balaban J connectivity index is 2.30. The molecule has 112 valence electrons. The van der Waals surface area contributed by atoms with Crippen molar-refractivity contribution in [2.75, 3.05) is 52.5 Å². The minimum Gasteiger partial charge on any atom is -0.381 e. The Kier molecular flexibility index (Phi) is 8.02. The smallest absolute Gasteiger partial charge is 0.224 e. The summed E-state index contributed by atoms with van der Waals surface area (Å²) in [7, 11) is 0. The topological polar surface area (TPSA) is 58.8 Å². The number of nitrogens with two attached hydrogens (primary N) is 1. The van der Waals surface area contributed by atoms with Crippen molar-refractivity contribution in [1.29, 1.82) is 0 Å². The molecule has 1 heterocycles. The van der Waals surface area contributed by atoms with E-state index in [1.807, 2.05) is 11.8 Å². The fourth-order valence-corrected chi connectivity index (χ4v) is 2.38. The van der Waals surface area contributed by atoms with E-state index in [-0.39, 0.29) is 5.91 Å². The molecule has 0 aromatic heterocycles. The minimum absolute atomic E-state index is 0.224. The van der Waals surface area contributed by atoms with Gasteiger partial charge in [0.15, 0.2) is 0 Å². The molecule has 1 fully saturated rings. The number of carbonyl (C=O) groups is 1. The molecular formula is C14H29N3O2. The van der Waals surface area contributed by atoms with Crippen molar-refractivity contribution < 1.29 is 9.53 Å². The summed E-state index contributed by atoms with van der Waals surface area (Å²) in [4.78, 5) is 16.4. The third-order valence-electron chi connectivity index (χ3n) is 3.58. The van der Waals surface area contributed by atoms with Gasteiger partial charge in [0.1, 0.15) is 0 Å². The molecule has 1 aliphatic heterocycles. The summed E-state index contributed by atoms with van der Waals surface area (Å²) < 4.78 is 5.24. The number of carbonyl (C=O) groups excluding carboxylic acids is 1. The van der Waals surface area contributed by atoms with Gasteiger partial charge in [0.25, 0.3) is 0 Å². The minimum atomic E-state index is 0.224. The number of ether oxygens (including phenoxy) is 1. The van der Waals surface area contributed by atoms with Gasteiger partial charge in [0.2, 0.25) is 5.91 Å². The molecule has 1 unspecified atom stereocenters. The van der Waals surface area contributed by atoms with E-state index in [1.54, 1.807) is 0 Å². The predicted molar refractivity (Wildman–Crippen MR) is 77.0 cm³/mol. The fourth-order valence-electron chi connectivity index (χ4n) is 2.38. The van der Waals surface area contributed by atoms with E-state index in [4.69, 9.17) is 10.5 Å². The highest BCUT2D eigenvalue weighted by atomic mass is 16.5. The van der Waals surface area contributed by atoms with Crippen LogP contribution in [-0.4, -0.2) is 68.2 Å². The molecule has 1 atom stereocenters. The molecular weight excluding hydrogens is 242 g/mol. The molecule has 0 radical (unpaired) electrons. The molecule has 1 amide bonds. The van der Waals surface area contributed by atoms with Crippen molar-refractivity contribution in [3.05, 3.63) is 0 Å². The number of hydrogen-bond donors (Lipinski definition) is 1. The average Bonchev–Trinajstić information content (AvgIpc) is 2.64. The highest BCUT2D eigenvalue weighted by Crippen LogP contribution is 2.07. The second-order valence-corrected chi connectivity index (χ2v) is 5.32. The largest absolute Gasteiger partial charge is 0.381 e. The molecule has 1 saturated heterocycles. The first-order valence-corrected chi connectivity index (χ1v) is 7.45. The van der Waals surface area contributed by atoms with Gasteiger partial charge in [-0.3, -0.25) is 4.79 Å². The van der Waals surface area contributed by atoms with E-state index in [0.29, 0.717) is 25.6 Å². The molecule has 0 aromatic rings. The van der Waals surface area contributed by atoms with Gasteiger partial charge in [-0.25, -0.2) is 0 Å². The van der Waals surface area contributed by atoms with Crippen molar-refractivity contribution in [2.45, 2.75) is 26.7 Å². The Morgan fingerprint density at radius 1 is 1.32 bits per heavy atom. The SMILES string of the molecule is CCOCCC(=O)N1CCCN(CC(C)CN)CC1. The monoisotopic (exact) mass is 271 g/mol. The van der Waals surface area contributed by atoms with Crippen LogP contribution in [-0.2, 0) is 9.53 Å². The van der Waals surface area contributed by atoms with Gasteiger partial charge in [-0.15, -0.1) is 0 Å². The van der Waals surface area contributed by atoms with Crippen LogP contribution in [0.4, 0.5) is 0 Å². The summed E-state index contributed by atoms with van der Waals surface area (Å²) in [5.74, 6) is 0.752. The van der Waals surface area contributed by atoms with Gasteiger partial charge in [-0.05, 0) is 32.4 Å². The lowest BCUT2D eigenvalue weighted by molar-refractivity contribution is -0.132. The molecule has 2 N–H and O–H groups in total. The highest BCUT2D eigenvalue weighted by molar-refractivity contribution is 5.76. The summed E-state index contributed by atoms with van der Waals surface area (Å²) in [6.07, 6.45) is 1.56. The third kappa shape index (κ3) is 6.36. The second-order valence-electron chi connectivity index (χ2n) is 5.32. The fraction of sp³-hybridized carbons (Fsp3) is 0.929. The molecule has 0 aliphatic carbocycles. The van der Waals surface area contributed by atoms with Crippen molar-refractivity contribution in [3.8, 4) is 0 Å². The Morgan fingerprint density at radius 2 is 2.11 bits per heavy atom. The zero-order valence-corrected chi connectivity index (χ0v) is 12.4. The molecule has 0 saturated carbocycles. The van der Waals surface area contributed by atoms with Crippen LogP contribution in [0.15, 0.2) is 0 Å². The molecule has 5 heteroatoms. The van der Waals surface area contributed by atoms with Crippen molar-refractivity contribution in [1.82, 2.24) is 9.80 Å². The van der Waals surface area contributed by atoms with E-state index in [0.717, 1.165) is 45.7 Å². The zero-order chi connectivity index (χ0) is 14.1. The normalized spacial score (nSPS) is 19.2. The maximum absolute atomic E-state index is 12.0. The number of nitrogens with zero attached hydrogens (tertiary/aromatic N) is 2. The molecule has 0 bridgehead atoms. The van der Waals surface area contributed by atoms with Crippen molar-refractivity contribution >= 4 is 5.91 Å². The standard InChI is InChI=1S/C14H29N3O2/c1-3-19-10-5-14(18)17-7-4-6-16(8-9-17)12-13(2)11-15/h13H,3-12,15H2,1-2H3. The predicted octanol–water partition coefficient (Wildman–Crippen LogP) is 0.542. The second kappa shape index (κ2) is 9.28. The Labute approximate surface area is 117 Å². The van der Waals surface area contributed by atoms with Gasteiger partial charge in [0, 0.05) is 32.8 Å². The number of hydrogen-bond acceptors (Lipinski definition) is 4. The summed E-state index contributed by atoms with van der Waals surface area (Å²) >= 11 is 0. The van der Waals surface area contributed by atoms with Crippen LogP contribution in [0.5, 0.6) is 0 Å². The van der Waals surface area contributed by atoms with Gasteiger partial charge in [-0.1, -0.05) is 6.92 Å². The summed E-state index contributed by atoms with van der Waals surface area (Å²) in [6.45, 7) is 10.9. The van der Waals surface area contributed by atoms with Crippen LogP contribution in [0.3, 0.4) is 0 Å². The van der Waals surface area contributed by atoms with Crippen LogP contribution in [0.2, 0.25) is 0 Å². The number of amides is 1. The maximum atomic E-state index is 12.0. The van der Waals surface area contributed by atoms with Crippen LogP contribution in [0, 0.1) is 5.92 Å². The summed E-state index contributed by atoms with van der Waals surface area (Å²) in [6, 6.07) is 0. The summed E-state index contributed by atoms with van der Waals surface area (Å²) in [5, 5.41) is 0. The van der Waals surface area contributed by atoms with Crippen molar-refractivity contribution in [3.63, 3.8) is 0 Å². The van der Waals surface area contributed by atoms with E-state index >= 15 is 0 Å². The van der Waals surface area contributed by atoms with Crippen LogP contribution in [0.25, 0.3) is 0 Å². The van der Waals surface area contributed by atoms with Crippen LogP contribution in [0.1, 0.15) is 26.7 Å². The Bertz CT molecular complexity index is 261. The maximum Gasteiger partial charge on any atom is 0.224 e. The first kappa shape index (κ1) is 16.4. The first-order chi connectivity index (χ1) is 9.17. The van der Waals surface area contributed by atoms with Gasteiger partial charge >= 0.3 is 0 Å². The van der Waals surface area contributed by atoms with E-state index in [2.05, 4.69) is 11.8 Å². The molecule has 0 spiro atoms. The molecule has 5 nitrogen and oxygen atoms in total. The number of rotatable bonds is 7. The van der Waals surface area contributed by atoms with Gasteiger partial charge < -0.3 is 20.3 Å². The lowest BCUT2D eigenvalue weighted by Gasteiger charge is -2.24. The van der Waals surface area contributed by atoms with Crippen LogP contribution >= 0.6 is 0 Å². The van der Waals surface area contributed by atoms with Gasteiger partial charge in [-0.2, -0.15) is 0 Å². The molecule has 0 aromatic carbocycles. The van der Waals surface area contributed by atoms with E-state index in [9.17, 15) is 4.79 Å². The Morgan fingerprint density at radius 3 is 2.79 bits per heavy atom. The van der Waals surface area contributed by atoms with Gasteiger partial charge in [0.05, 0.1) is 13.0 Å². The van der Waals surface area contributed by atoms with E-state index in [1.165, 1.54) is 0 Å². The quantitative estimate of drug-likeness (QED) is 0.687. The summed E-state index contributed by atoms with van der Waals surface area (Å²) in [5.41, 5.74) is 5.67. The highest BCUT2D eigenvalue weighted by Gasteiger charge is 2.19. The third-order valence-corrected chi connectivity index (χ3v) is 3.58. The lowest BCUT2D eigenvalue weighted by atomic mass is 10.1. The Hall–Kier alpha value is -0.650. The average molecular weight is 271 g/mol. The molecule has 1 rings (SSSR count). The first-order valence-electron chi connectivity index (χ1n) is 7.45. The van der Waals surface area contributed by atoms with E-state index < -0.39 is 0 Å².